The molecule has 0 aliphatic rings. The van der Waals surface area contributed by atoms with Gasteiger partial charge in [-0.3, -0.25) is 14.9 Å². The zero-order valence-corrected chi connectivity index (χ0v) is 11.2. The van der Waals surface area contributed by atoms with Gasteiger partial charge in [-0.2, -0.15) is 0 Å². The number of aliphatic hydroxyl groups is 1. The standard InChI is InChI=1S/C13H13NO6/c1-7-4-9(5-10(8(7)2)14(18)19)11(15)6-12(16)13(17)20-3/h4-6,15H,1-3H3/b11-6-. The van der Waals surface area contributed by atoms with Gasteiger partial charge in [-0.05, 0) is 25.5 Å². The topological polar surface area (TPSA) is 107 Å². The number of ketones is 1. The van der Waals surface area contributed by atoms with Crippen molar-refractivity contribution in [1.82, 2.24) is 0 Å². The number of rotatable bonds is 4. The number of carbonyl (C=O) groups is 2. The zero-order chi connectivity index (χ0) is 15.4. The summed E-state index contributed by atoms with van der Waals surface area (Å²) in [6.07, 6.45) is 0.666. The first-order valence-corrected chi connectivity index (χ1v) is 5.57. The molecule has 0 fully saturated rings. The maximum absolute atomic E-state index is 11.3. The quantitative estimate of drug-likeness (QED) is 0.225. The fraction of sp³-hybridized carbons (Fsp3) is 0.231. The largest absolute Gasteiger partial charge is 0.507 e. The van der Waals surface area contributed by atoms with Gasteiger partial charge in [0.1, 0.15) is 5.76 Å². The summed E-state index contributed by atoms with van der Waals surface area (Å²) in [5.41, 5.74) is 0.952. The normalized spacial score (nSPS) is 11.1. The predicted octanol–water partition coefficient (Wildman–Crippen LogP) is 1.85. The van der Waals surface area contributed by atoms with E-state index in [0.29, 0.717) is 17.2 Å². The first kappa shape index (κ1) is 15.4. The molecule has 0 saturated carbocycles. The maximum atomic E-state index is 11.3. The highest BCUT2D eigenvalue weighted by Gasteiger charge is 2.18. The van der Waals surface area contributed by atoms with Gasteiger partial charge in [-0.15, -0.1) is 0 Å². The molecule has 20 heavy (non-hydrogen) atoms. The summed E-state index contributed by atoms with van der Waals surface area (Å²) in [5, 5.41) is 20.7. The molecule has 1 aromatic rings. The fourth-order valence-electron chi connectivity index (χ4n) is 1.55. The van der Waals surface area contributed by atoms with Gasteiger partial charge in [0.05, 0.1) is 12.0 Å². The van der Waals surface area contributed by atoms with Crippen LogP contribution in [-0.4, -0.2) is 28.9 Å². The molecular weight excluding hydrogens is 266 g/mol. The molecule has 0 aliphatic heterocycles. The molecule has 0 atom stereocenters. The monoisotopic (exact) mass is 279 g/mol. The molecule has 1 N–H and O–H groups in total. The molecule has 1 rings (SSSR count). The summed E-state index contributed by atoms with van der Waals surface area (Å²) >= 11 is 0. The Kier molecular flexibility index (Phi) is 4.58. The fourth-order valence-corrected chi connectivity index (χ4v) is 1.55. The van der Waals surface area contributed by atoms with Crippen LogP contribution in [0, 0.1) is 24.0 Å². The highest BCUT2D eigenvalue weighted by Crippen LogP contribution is 2.26. The smallest absolute Gasteiger partial charge is 0.378 e. The number of hydrogen-bond donors (Lipinski definition) is 1. The zero-order valence-electron chi connectivity index (χ0n) is 11.2. The third-order valence-corrected chi connectivity index (χ3v) is 2.79. The number of aliphatic hydroxyl groups excluding tert-OH is 1. The predicted molar refractivity (Wildman–Crippen MR) is 70.2 cm³/mol. The van der Waals surface area contributed by atoms with E-state index < -0.39 is 22.4 Å². The van der Waals surface area contributed by atoms with E-state index in [-0.39, 0.29) is 11.3 Å². The summed E-state index contributed by atoms with van der Waals surface area (Å²) in [6.45, 7) is 3.22. The molecular formula is C13H13NO6. The Morgan fingerprint density at radius 1 is 1.35 bits per heavy atom. The van der Waals surface area contributed by atoms with Crippen molar-refractivity contribution in [2.45, 2.75) is 13.8 Å². The average molecular weight is 279 g/mol. The van der Waals surface area contributed by atoms with E-state index in [1.54, 1.807) is 13.8 Å². The van der Waals surface area contributed by atoms with E-state index in [9.17, 15) is 24.8 Å². The van der Waals surface area contributed by atoms with Gasteiger partial charge in [0, 0.05) is 23.3 Å². The number of benzene rings is 1. The van der Waals surface area contributed by atoms with E-state index in [1.165, 1.54) is 6.07 Å². The highest BCUT2D eigenvalue weighted by molar-refractivity contribution is 6.39. The molecule has 0 radical (unpaired) electrons. The van der Waals surface area contributed by atoms with Crippen LogP contribution in [0.15, 0.2) is 18.2 Å². The van der Waals surface area contributed by atoms with Crippen LogP contribution in [0.5, 0.6) is 0 Å². The molecule has 0 amide bonds. The number of ether oxygens (including phenoxy) is 1. The van der Waals surface area contributed by atoms with Gasteiger partial charge in [-0.25, -0.2) is 4.79 Å². The van der Waals surface area contributed by atoms with E-state index in [0.717, 1.165) is 13.2 Å². The lowest BCUT2D eigenvalue weighted by Gasteiger charge is -2.06. The highest BCUT2D eigenvalue weighted by atomic mass is 16.6. The van der Waals surface area contributed by atoms with Crippen molar-refractivity contribution < 1.29 is 24.4 Å². The minimum Gasteiger partial charge on any atom is -0.507 e. The molecule has 7 heteroatoms. The van der Waals surface area contributed by atoms with Crippen molar-refractivity contribution >= 4 is 23.2 Å². The summed E-state index contributed by atoms with van der Waals surface area (Å²) in [6, 6.07) is 2.62. The van der Waals surface area contributed by atoms with Crippen molar-refractivity contribution in [1.29, 1.82) is 0 Å². The van der Waals surface area contributed by atoms with Crippen LogP contribution in [0.25, 0.3) is 5.76 Å². The van der Waals surface area contributed by atoms with E-state index in [1.807, 2.05) is 0 Å². The molecule has 0 spiro atoms. The first-order valence-electron chi connectivity index (χ1n) is 5.57. The van der Waals surface area contributed by atoms with Gasteiger partial charge < -0.3 is 9.84 Å². The Hall–Kier alpha value is -2.70. The molecule has 106 valence electrons. The molecule has 0 saturated heterocycles. The Balaban J connectivity index is 3.27. The number of hydrogen-bond acceptors (Lipinski definition) is 6. The lowest BCUT2D eigenvalue weighted by Crippen LogP contribution is -2.13. The summed E-state index contributed by atoms with van der Waals surface area (Å²) in [5.74, 6) is -2.72. The second kappa shape index (κ2) is 5.96. The van der Waals surface area contributed by atoms with Crippen LogP contribution < -0.4 is 0 Å². The van der Waals surface area contributed by atoms with Crippen LogP contribution >= 0.6 is 0 Å². The van der Waals surface area contributed by atoms with Crippen LogP contribution in [-0.2, 0) is 14.3 Å². The Bertz CT molecular complexity index is 618. The molecule has 0 aromatic heterocycles. The Labute approximate surface area is 114 Å². The van der Waals surface area contributed by atoms with Crippen molar-refractivity contribution in [3.8, 4) is 0 Å². The number of aryl methyl sites for hydroxylation is 1. The van der Waals surface area contributed by atoms with E-state index in [2.05, 4.69) is 4.74 Å². The van der Waals surface area contributed by atoms with Crippen LogP contribution in [0.1, 0.15) is 16.7 Å². The second-order valence-electron chi connectivity index (χ2n) is 4.08. The molecule has 0 heterocycles. The van der Waals surface area contributed by atoms with Crippen LogP contribution in [0.2, 0.25) is 0 Å². The summed E-state index contributed by atoms with van der Waals surface area (Å²) in [4.78, 5) is 32.5. The van der Waals surface area contributed by atoms with Crippen molar-refractivity contribution in [2.24, 2.45) is 0 Å². The van der Waals surface area contributed by atoms with Crippen molar-refractivity contribution in [3.63, 3.8) is 0 Å². The third-order valence-electron chi connectivity index (χ3n) is 2.79. The number of nitrogens with zero attached hydrogens (tertiary/aromatic N) is 1. The van der Waals surface area contributed by atoms with Crippen LogP contribution in [0.4, 0.5) is 5.69 Å². The minimum absolute atomic E-state index is 0.0806. The maximum Gasteiger partial charge on any atom is 0.378 e. The molecule has 0 aliphatic carbocycles. The Morgan fingerprint density at radius 2 is 1.95 bits per heavy atom. The average Bonchev–Trinajstić information content (AvgIpc) is 2.39. The number of methoxy groups -OCH3 is 1. The van der Waals surface area contributed by atoms with Crippen molar-refractivity contribution in [3.05, 3.63) is 45.0 Å². The summed E-state index contributed by atoms with van der Waals surface area (Å²) < 4.78 is 4.20. The Morgan fingerprint density at radius 3 is 2.45 bits per heavy atom. The molecule has 0 unspecified atom stereocenters. The van der Waals surface area contributed by atoms with E-state index >= 15 is 0 Å². The third kappa shape index (κ3) is 3.19. The van der Waals surface area contributed by atoms with Gasteiger partial charge in [-0.1, -0.05) is 0 Å². The van der Waals surface area contributed by atoms with Gasteiger partial charge in [0.25, 0.3) is 11.5 Å². The van der Waals surface area contributed by atoms with Crippen molar-refractivity contribution in [2.75, 3.05) is 7.11 Å². The molecule has 0 bridgehead atoms. The molecule has 7 nitrogen and oxygen atoms in total. The molecule has 1 aromatic carbocycles. The van der Waals surface area contributed by atoms with Gasteiger partial charge >= 0.3 is 5.97 Å². The van der Waals surface area contributed by atoms with Gasteiger partial charge in [0.2, 0.25) is 0 Å². The second-order valence-corrected chi connectivity index (χ2v) is 4.08. The van der Waals surface area contributed by atoms with Crippen LogP contribution in [0.3, 0.4) is 0 Å². The lowest BCUT2D eigenvalue weighted by molar-refractivity contribution is -0.385. The van der Waals surface area contributed by atoms with E-state index in [4.69, 9.17) is 0 Å². The van der Waals surface area contributed by atoms with Gasteiger partial charge in [0.15, 0.2) is 0 Å². The SMILES string of the molecule is COC(=O)C(=O)/C=C(\O)c1cc(C)c(C)c([N+](=O)[O-])c1. The first-order chi connectivity index (χ1) is 9.27. The summed E-state index contributed by atoms with van der Waals surface area (Å²) in [7, 11) is 1.03. The minimum atomic E-state index is -1.13. The lowest BCUT2D eigenvalue weighted by atomic mass is 10.0. The number of carbonyl (C=O) groups excluding carboxylic acids is 2. The number of esters is 1. The number of nitro benzene ring substituents is 1. The number of nitro groups is 1.